The van der Waals surface area contributed by atoms with Crippen LogP contribution < -0.4 is 5.32 Å². The first-order valence-corrected chi connectivity index (χ1v) is 10.6. The summed E-state index contributed by atoms with van der Waals surface area (Å²) in [5.41, 5.74) is 3.68. The van der Waals surface area contributed by atoms with Crippen molar-refractivity contribution in [2.24, 2.45) is 4.99 Å². The van der Waals surface area contributed by atoms with E-state index in [0.717, 1.165) is 41.8 Å². The zero-order valence-electron chi connectivity index (χ0n) is 16.6. The van der Waals surface area contributed by atoms with Crippen LogP contribution in [0.4, 0.5) is 10.7 Å². The second-order valence-corrected chi connectivity index (χ2v) is 8.04. The molecule has 0 bridgehead atoms. The molecular formula is C23H21N3O3S. The minimum absolute atomic E-state index is 0.182. The number of rotatable bonds is 5. The number of nitrogens with zero attached hydrogens (tertiary/aromatic N) is 2. The number of esters is 1. The molecule has 3 aromatic rings. The van der Waals surface area contributed by atoms with Crippen LogP contribution in [0.3, 0.4) is 0 Å². The molecule has 0 fully saturated rings. The first kappa shape index (κ1) is 20.0. The lowest BCUT2D eigenvalue weighted by Gasteiger charge is -2.13. The van der Waals surface area contributed by atoms with Crippen LogP contribution in [0.5, 0.6) is 0 Å². The van der Waals surface area contributed by atoms with Gasteiger partial charge in [0.2, 0.25) is 0 Å². The molecule has 1 aliphatic rings. The van der Waals surface area contributed by atoms with Crippen LogP contribution in [0, 0.1) is 0 Å². The molecule has 2 aromatic heterocycles. The van der Waals surface area contributed by atoms with Gasteiger partial charge in [-0.05, 0) is 61.6 Å². The number of methoxy groups -OCH3 is 1. The highest BCUT2D eigenvalue weighted by Gasteiger charge is 2.25. The average Bonchev–Trinajstić information content (AvgIpc) is 3.17. The van der Waals surface area contributed by atoms with Gasteiger partial charge in [-0.3, -0.25) is 9.78 Å². The number of anilines is 1. The predicted molar refractivity (Wildman–Crippen MR) is 118 cm³/mol. The minimum Gasteiger partial charge on any atom is -0.465 e. The number of carbonyl (C=O) groups is 2. The molecule has 7 heteroatoms. The average molecular weight is 420 g/mol. The first-order chi connectivity index (χ1) is 14.7. The Morgan fingerprint density at radius 1 is 1.17 bits per heavy atom. The Labute approximate surface area is 178 Å². The second kappa shape index (κ2) is 9.00. The number of benzene rings is 1. The first-order valence-electron chi connectivity index (χ1n) is 9.74. The molecule has 0 spiro atoms. The number of nitrogens with one attached hydrogen (secondary N) is 1. The van der Waals surface area contributed by atoms with Crippen molar-refractivity contribution < 1.29 is 14.3 Å². The van der Waals surface area contributed by atoms with Crippen LogP contribution in [0.1, 0.15) is 49.6 Å². The summed E-state index contributed by atoms with van der Waals surface area (Å²) < 4.78 is 4.71. The molecular weight excluding hydrogens is 398 g/mol. The molecule has 0 saturated carbocycles. The summed E-state index contributed by atoms with van der Waals surface area (Å²) in [6.45, 7) is 0. The van der Waals surface area contributed by atoms with Crippen LogP contribution >= 0.6 is 11.3 Å². The highest BCUT2D eigenvalue weighted by atomic mass is 32.1. The van der Waals surface area contributed by atoms with Gasteiger partial charge in [-0.1, -0.05) is 6.07 Å². The van der Waals surface area contributed by atoms with Gasteiger partial charge in [0.1, 0.15) is 5.00 Å². The number of ether oxygens (including phenoxy) is 1. The van der Waals surface area contributed by atoms with Crippen molar-refractivity contribution in [1.82, 2.24) is 4.98 Å². The van der Waals surface area contributed by atoms with Gasteiger partial charge in [-0.25, -0.2) is 9.79 Å². The van der Waals surface area contributed by atoms with Gasteiger partial charge in [0.25, 0.3) is 5.91 Å². The number of hydrogen-bond donors (Lipinski definition) is 1. The quantitative estimate of drug-likeness (QED) is 0.475. The van der Waals surface area contributed by atoms with Crippen molar-refractivity contribution >= 4 is 40.1 Å². The summed E-state index contributed by atoms with van der Waals surface area (Å²) in [5.74, 6) is -0.592. The standard InChI is InChI=1S/C23H21N3O3S/c1-29-23(28)16-8-10-17(11-9-16)26-21(27)20-18-6-2-3-7-19(18)30-22(20)25-14-15-5-4-12-24-13-15/h4-5,8-14H,2-3,6-7H2,1H3,(H,26,27)/b25-14+. The molecule has 1 amide bonds. The Balaban J connectivity index is 1.62. The normalized spacial score (nSPS) is 13.1. The fourth-order valence-corrected chi connectivity index (χ4v) is 4.69. The smallest absolute Gasteiger partial charge is 0.337 e. The third-order valence-electron chi connectivity index (χ3n) is 4.96. The van der Waals surface area contributed by atoms with Gasteiger partial charge in [-0.15, -0.1) is 11.3 Å². The lowest BCUT2D eigenvalue weighted by Crippen LogP contribution is -2.15. The van der Waals surface area contributed by atoms with E-state index in [0.29, 0.717) is 16.8 Å². The van der Waals surface area contributed by atoms with Crippen LogP contribution in [0.25, 0.3) is 0 Å². The van der Waals surface area contributed by atoms with Gasteiger partial charge in [-0.2, -0.15) is 0 Å². The number of carbonyl (C=O) groups excluding carboxylic acids is 2. The lowest BCUT2D eigenvalue weighted by molar-refractivity contribution is 0.0600. The van der Waals surface area contributed by atoms with Gasteiger partial charge in [0.15, 0.2) is 0 Å². The molecule has 30 heavy (non-hydrogen) atoms. The van der Waals surface area contributed by atoms with Crippen molar-refractivity contribution in [3.8, 4) is 0 Å². The molecule has 2 heterocycles. The molecule has 0 saturated heterocycles. The predicted octanol–water partition coefficient (Wildman–Crippen LogP) is 4.81. The summed E-state index contributed by atoms with van der Waals surface area (Å²) in [6.07, 6.45) is 9.27. The molecule has 4 rings (SSSR count). The number of aryl methyl sites for hydroxylation is 1. The topological polar surface area (TPSA) is 80.6 Å². The highest BCUT2D eigenvalue weighted by molar-refractivity contribution is 7.16. The lowest BCUT2D eigenvalue weighted by atomic mass is 9.95. The molecule has 1 aromatic carbocycles. The number of fused-ring (bicyclic) bond motifs is 1. The number of pyridine rings is 1. The molecule has 1 N–H and O–H groups in total. The number of amides is 1. The van der Waals surface area contributed by atoms with Gasteiger partial charge in [0.05, 0.1) is 18.2 Å². The summed E-state index contributed by atoms with van der Waals surface area (Å²) in [6, 6.07) is 10.4. The van der Waals surface area contributed by atoms with Crippen LogP contribution in [0.2, 0.25) is 0 Å². The molecule has 0 radical (unpaired) electrons. The van der Waals surface area contributed by atoms with E-state index in [2.05, 4.69) is 15.3 Å². The van der Waals surface area contributed by atoms with E-state index in [4.69, 9.17) is 4.74 Å². The van der Waals surface area contributed by atoms with E-state index in [1.807, 2.05) is 12.1 Å². The Kier molecular flexibility index (Phi) is 5.99. The minimum atomic E-state index is -0.410. The van der Waals surface area contributed by atoms with Crippen molar-refractivity contribution in [2.45, 2.75) is 25.7 Å². The highest BCUT2D eigenvalue weighted by Crippen LogP contribution is 2.40. The third-order valence-corrected chi connectivity index (χ3v) is 6.16. The Bertz CT molecular complexity index is 1090. The Morgan fingerprint density at radius 2 is 1.97 bits per heavy atom. The molecule has 152 valence electrons. The molecule has 0 unspecified atom stereocenters. The van der Waals surface area contributed by atoms with Crippen LogP contribution in [-0.4, -0.2) is 30.2 Å². The summed E-state index contributed by atoms with van der Waals surface area (Å²) in [5, 5.41) is 3.66. The van der Waals surface area contributed by atoms with Crippen LogP contribution in [0.15, 0.2) is 53.8 Å². The van der Waals surface area contributed by atoms with E-state index in [-0.39, 0.29) is 5.91 Å². The van der Waals surface area contributed by atoms with Gasteiger partial charge < -0.3 is 10.1 Å². The fraction of sp³-hybridized carbons (Fsp3) is 0.217. The summed E-state index contributed by atoms with van der Waals surface area (Å²) >= 11 is 1.59. The number of aliphatic imine (C=N–C) groups is 1. The van der Waals surface area contributed by atoms with E-state index in [9.17, 15) is 9.59 Å². The van der Waals surface area contributed by atoms with Crippen molar-refractivity contribution in [2.75, 3.05) is 12.4 Å². The van der Waals surface area contributed by atoms with E-state index >= 15 is 0 Å². The van der Waals surface area contributed by atoms with E-state index in [1.54, 1.807) is 54.2 Å². The zero-order valence-corrected chi connectivity index (χ0v) is 17.4. The molecule has 6 nitrogen and oxygen atoms in total. The van der Waals surface area contributed by atoms with Gasteiger partial charge >= 0.3 is 5.97 Å². The fourth-order valence-electron chi connectivity index (χ4n) is 3.46. The number of thiophene rings is 1. The largest absolute Gasteiger partial charge is 0.465 e. The summed E-state index contributed by atoms with van der Waals surface area (Å²) in [4.78, 5) is 34.7. The number of aromatic nitrogens is 1. The molecule has 1 aliphatic carbocycles. The van der Waals surface area contributed by atoms with Crippen molar-refractivity contribution in [3.05, 3.63) is 75.9 Å². The molecule has 0 aliphatic heterocycles. The van der Waals surface area contributed by atoms with Gasteiger partial charge in [0, 0.05) is 34.7 Å². The third kappa shape index (κ3) is 4.31. The van der Waals surface area contributed by atoms with Crippen molar-refractivity contribution in [1.29, 1.82) is 0 Å². The van der Waals surface area contributed by atoms with E-state index < -0.39 is 5.97 Å². The summed E-state index contributed by atoms with van der Waals surface area (Å²) in [7, 11) is 1.34. The van der Waals surface area contributed by atoms with E-state index in [1.165, 1.54) is 12.0 Å². The second-order valence-electron chi connectivity index (χ2n) is 6.96. The SMILES string of the molecule is COC(=O)c1ccc(NC(=O)c2c(/N=C/c3cccnc3)sc3c2CCCC3)cc1. The molecule has 0 atom stereocenters. The Morgan fingerprint density at radius 3 is 2.70 bits per heavy atom. The Hall–Kier alpha value is -3.32. The number of hydrogen-bond acceptors (Lipinski definition) is 6. The maximum absolute atomic E-state index is 13.2. The van der Waals surface area contributed by atoms with Crippen LogP contribution in [-0.2, 0) is 17.6 Å². The maximum Gasteiger partial charge on any atom is 0.337 e. The maximum atomic E-state index is 13.2. The zero-order chi connectivity index (χ0) is 20.9. The monoisotopic (exact) mass is 419 g/mol. The van der Waals surface area contributed by atoms with Crippen molar-refractivity contribution in [3.63, 3.8) is 0 Å².